The second-order valence-electron chi connectivity index (χ2n) is 6.09. The minimum absolute atomic E-state index is 0.0243. The van der Waals surface area contributed by atoms with Gasteiger partial charge in [0, 0.05) is 30.4 Å². The Hall–Kier alpha value is -1.89. The van der Waals surface area contributed by atoms with Gasteiger partial charge in [0.05, 0.1) is 6.10 Å². The number of hydrogen-bond donors (Lipinski definition) is 3. The fourth-order valence-electron chi connectivity index (χ4n) is 2.80. The van der Waals surface area contributed by atoms with Crippen LogP contribution in [0.2, 0.25) is 0 Å². The van der Waals surface area contributed by atoms with Gasteiger partial charge in [-0.2, -0.15) is 0 Å². The molecule has 25 heavy (non-hydrogen) atoms. The molecule has 1 aliphatic heterocycles. The number of rotatable bonds is 6. The van der Waals surface area contributed by atoms with Gasteiger partial charge in [0.1, 0.15) is 11.1 Å². The molecule has 0 aliphatic carbocycles. The maximum absolute atomic E-state index is 13.1. The van der Waals surface area contributed by atoms with Crippen LogP contribution in [-0.4, -0.2) is 36.8 Å². The Labute approximate surface area is 150 Å². The minimum atomic E-state index is -0.432. The third-order valence-corrected chi connectivity index (χ3v) is 5.52. The monoisotopic (exact) mass is 360 g/mol. The molecule has 132 valence electrons. The zero-order valence-corrected chi connectivity index (χ0v) is 14.5. The van der Waals surface area contributed by atoms with Gasteiger partial charge in [0.25, 0.3) is 0 Å². The van der Waals surface area contributed by atoms with Crippen molar-refractivity contribution in [2.45, 2.75) is 16.2 Å². The molecule has 3 rings (SSSR count). The molecule has 6 heteroatoms. The van der Waals surface area contributed by atoms with Crippen molar-refractivity contribution < 1.29 is 14.3 Å². The number of hydrogen-bond acceptors (Lipinski definition) is 4. The van der Waals surface area contributed by atoms with E-state index in [4.69, 9.17) is 0 Å². The summed E-state index contributed by atoms with van der Waals surface area (Å²) < 4.78 is 13.1. The molecule has 0 radical (unpaired) electrons. The first-order valence-corrected chi connectivity index (χ1v) is 9.15. The largest absolute Gasteiger partial charge is 0.391 e. The lowest BCUT2D eigenvalue weighted by atomic mass is 10.1. The van der Waals surface area contributed by atoms with Gasteiger partial charge < -0.3 is 15.7 Å². The molecule has 1 fully saturated rings. The number of carbonyl (C=O) groups excluding carboxylic acids is 1. The van der Waals surface area contributed by atoms with Crippen molar-refractivity contribution in [1.82, 2.24) is 10.6 Å². The Morgan fingerprint density at radius 2 is 1.92 bits per heavy atom. The second kappa shape index (κ2) is 8.47. The summed E-state index contributed by atoms with van der Waals surface area (Å²) in [4.78, 5) is 13.6. The fraction of sp³-hybridized carbons (Fsp3) is 0.316. The van der Waals surface area contributed by atoms with Crippen molar-refractivity contribution >= 4 is 17.7 Å². The summed E-state index contributed by atoms with van der Waals surface area (Å²) >= 11 is 1.39. The van der Waals surface area contributed by atoms with Crippen LogP contribution in [0.25, 0.3) is 0 Å². The summed E-state index contributed by atoms with van der Waals surface area (Å²) in [5, 5.41) is 15.5. The average molecular weight is 360 g/mol. The van der Waals surface area contributed by atoms with Crippen LogP contribution in [0.1, 0.15) is 10.8 Å². The lowest BCUT2D eigenvalue weighted by Gasteiger charge is -2.19. The molecule has 0 saturated carbocycles. The van der Waals surface area contributed by atoms with Gasteiger partial charge in [0.2, 0.25) is 5.91 Å². The van der Waals surface area contributed by atoms with E-state index in [0.717, 1.165) is 10.5 Å². The Bertz CT molecular complexity index is 696. The van der Waals surface area contributed by atoms with Gasteiger partial charge in [-0.15, -0.1) is 11.8 Å². The van der Waals surface area contributed by atoms with Crippen LogP contribution >= 0.6 is 11.8 Å². The van der Waals surface area contributed by atoms with E-state index < -0.39 is 11.4 Å². The van der Waals surface area contributed by atoms with Crippen LogP contribution in [0.3, 0.4) is 0 Å². The molecule has 4 nitrogen and oxygen atoms in total. The number of nitrogens with one attached hydrogen (secondary N) is 2. The fourth-order valence-corrected chi connectivity index (χ4v) is 3.85. The van der Waals surface area contributed by atoms with E-state index in [1.165, 1.54) is 23.9 Å². The van der Waals surface area contributed by atoms with Crippen LogP contribution < -0.4 is 10.6 Å². The van der Waals surface area contributed by atoms with E-state index in [2.05, 4.69) is 10.6 Å². The van der Waals surface area contributed by atoms with Crippen molar-refractivity contribution in [1.29, 1.82) is 0 Å². The van der Waals surface area contributed by atoms with E-state index >= 15 is 0 Å². The standard InChI is InChI=1S/C19H21FN2O2S/c20-15-6-8-16(9-7-15)25-18(13-4-2-1-3-5-13)19(24)22-11-14-10-21-12-17(14)23/h1-9,14,17-18,21,23H,10-12H2,(H,22,24). The third-order valence-electron chi connectivity index (χ3n) is 4.25. The van der Waals surface area contributed by atoms with Gasteiger partial charge in [-0.25, -0.2) is 4.39 Å². The highest BCUT2D eigenvalue weighted by molar-refractivity contribution is 8.00. The van der Waals surface area contributed by atoms with E-state index in [9.17, 15) is 14.3 Å². The van der Waals surface area contributed by atoms with Gasteiger partial charge in [0.15, 0.2) is 0 Å². The highest BCUT2D eigenvalue weighted by atomic mass is 32.2. The molecule has 3 N–H and O–H groups in total. The molecule has 2 aromatic carbocycles. The number of amides is 1. The quantitative estimate of drug-likeness (QED) is 0.692. The van der Waals surface area contributed by atoms with E-state index in [1.807, 2.05) is 30.3 Å². The number of carbonyl (C=O) groups is 1. The molecule has 3 atom stereocenters. The average Bonchev–Trinajstić information content (AvgIpc) is 3.05. The topological polar surface area (TPSA) is 61.4 Å². The first kappa shape index (κ1) is 17.9. The van der Waals surface area contributed by atoms with E-state index in [-0.39, 0.29) is 17.6 Å². The molecule has 3 unspecified atom stereocenters. The summed E-state index contributed by atoms with van der Waals surface area (Å²) in [7, 11) is 0. The molecular formula is C19H21FN2O2S. The number of halogens is 1. The maximum atomic E-state index is 13.1. The molecule has 0 bridgehead atoms. The zero-order valence-electron chi connectivity index (χ0n) is 13.7. The third kappa shape index (κ3) is 4.81. The number of benzene rings is 2. The van der Waals surface area contributed by atoms with Crippen molar-refractivity contribution in [2.75, 3.05) is 19.6 Å². The van der Waals surface area contributed by atoms with Gasteiger partial charge in [-0.3, -0.25) is 4.79 Å². The summed E-state index contributed by atoms with van der Waals surface area (Å²) in [6, 6.07) is 15.6. The van der Waals surface area contributed by atoms with Crippen molar-refractivity contribution in [2.24, 2.45) is 5.92 Å². The van der Waals surface area contributed by atoms with Crippen molar-refractivity contribution in [3.63, 3.8) is 0 Å². The normalized spacial score (nSPS) is 21.0. The predicted molar refractivity (Wildman–Crippen MR) is 96.8 cm³/mol. The Morgan fingerprint density at radius 1 is 1.20 bits per heavy atom. The van der Waals surface area contributed by atoms with Crippen molar-refractivity contribution in [3.8, 4) is 0 Å². The van der Waals surface area contributed by atoms with Crippen LogP contribution in [-0.2, 0) is 4.79 Å². The van der Waals surface area contributed by atoms with Crippen LogP contribution in [0.5, 0.6) is 0 Å². The highest BCUT2D eigenvalue weighted by Gasteiger charge is 2.27. The number of thioether (sulfide) groups is 1. The molecule has 1 heterocycles. The molecule has 0 aromatic heterocycles. The maximum Gasteiger partial charge on any atom is 0.238 e. The lowest BCUT2D eigenvalue weighted by Crippen LogP contribution is -2.36. The molecular weight excluding hydrogens is 339 g/mol. The Kier molecular flexibility index (Phi) is 6.07. The molecule has 1 amide bonds. The molecule has 1 saturated heterocycles. The lowest BCUT2D eigenvalue weighted by molar-refractivity contribution is -0.120. The summed E-state index contributed by atoms with van der Waals surface area (Å²) in [6.45, 7) is 1.69. The number of aliphatic hydroxyl groups excluding tert-OH is 1. The van der Waals surface area contributed by atoms with Crippen LogP contribution in [0, 0.1) is 11.7 Å². The summed E-state index contributed by atoms with van der Waals surface area (Å²) in [5.74, 6) is -0.386. The summed E-state index contributed by atoms with van der Waals surface area (Å²) in [5.41, 5.74) is 0.888. The van der Waals surface area contributed by atoms with E-state index in [0.29, 0.717) is 19.6 Å². The molecule has 1 aliphatic rings. The van der Waals surface area contributed by atoms with Gasteiger partial charge >= 0.3 is 0 Å². The number of aliphatic hydroxyl groups is 1. The first-order valence-electron chi connectivity index (χ1n) is 8.27. The van der Waals surface area contributed by atoms with Crippen molar-refractivity contribution in [3.05, 3.63) is 66.0 Å². The smallest absolute Gasteiger partial charge is 0.238 e. The predicted octanol–water partition coefficient (Wildman–Crippen LogP) is 2.36. The number of β-amino-alcohol motifs (C(OH)–C–C–N with tert-alkyl or cyclic N) is 1. The summed E-state index contributed by atoms with van der Waals surface area (Å²) in [6.07, 6.45) is -0.430. The van der Waals surface area contributed by atoms with Crippen LogP contribution in [0.4, 0.5) is 4.39 Å². The second-order valence-corrected chi connectivity index (χ2v) is 7.27. The minimum Gasteiger partial charge on any atom is -0.391 e. The zero-order chi connectivity index (χ0) is 17.6. The SMILES string of the molecule is O=C(NCC1CNCC1O)C(Sc1ccc(F)cc1)c1ccccc1. The Balaban J connectivity index is 1.71. The van der Waals surface area contributed by atoms with Gasteiger partial charge in [-0.05, 0) is 29.8 Å². The molecule has 2 aromatic rings. The van der Waals surface area contributed by atoms with Gasteiger partial charge in [-0.1, -0.05) is 30.3 Å². The Morgan fingerprint density at radius 3 is 2.56 bits per heavy atom. The van der Waals surface area contributed by atoms with E-state index in [1.54, 1.807) is 12.1 Å². The first-order chi connectivity index (χ1) is 12.1. The highest BCUT2D eigenvalue weighted by Crippen LogP contribution is 2.35. The molecule has 0 spiro atoms. The van der Waals surface area contributed by atoms with Crippen LogP contribution in [0.15, 0.2) is 59.5 Å².